The average molecular weight is 225 g/mol. The zero-order chi connectivity index (χ0) is 11.8. The lowest BCUT2D eigenvalue weighted by Gasteiger charge is -2.09. The minimum absolute atomic E-state index is 0.176. The van der Waals surface area contributed by atoms with E-state index in [4.69, 9.17) is 5.21 Å². The molecule has 2 N–H and O–H groups in total. The van der Waals surface area contributed by atoms with Crippen molar-refractivity contribution in [2.75, 3.05) is 0 Å². The summed E-state index contributed by atoms with van der Waals surface area (Å²) >= 11 is 0. The largest absolute Gasteiger partial charge is 0.316 e. The molecule has 1 aromatic rings. The quantitative estimate of drug-likeness (QED) is 0.550. The van der Waals surface area contributed by atoms with Crippen LogP contribution in [0.3, 0.4) is 0 Å². The van der Waals surface area contributed by atoms with Gasteiger partial charge in [-0.05, 0) is 24.5 Å². The molecular formula is C13H20FNO. The van der Waals surface area contributed by atoms with E-state index in [1.54, 1.807) is 6.07 Å². The molecule has 1 aromatic carbocycles. The lowest BCUT2D eigenvalue weighted by molar-refractivity contribution is 0.159. The first-order valence-corrected chi connectivity index (χ1v) is 5.92. The van der Waals surface area contributed by atoms with Gasteiger partial charge in [0.15, 0.2) is 0 Å². The van der Waals surface area contributed by atoms with E-state index in [-0.39, 0.29) is 12.4 Å². The number of hydrogen-bond donors (Lipinski definition) is 2. The van der Waals surface area contributed by atoms with E-state index < -0.39 is 0 Å². The molecule has 0 unspecified atom stereocenters. The van der Waals surface area contributed by atoms with Crippen molar-refractivity contribution >= 4 is 0 Å². The van der Waals surface area contributed by atoms with E-state index in [9.17, 15) is 4.39 Å². The van der Waals surface area contributed by atoms with Crippen molar-refractivity contribution in [3.63, 3.8) is 0 Å². The average Bonchev–Trinajstić information content (AvgIpc) is 2.29. The van der Waals surface area contributed by atoms with Gasteiger partial charge in [-0.25, -0.2) is 9.87 Å². The highest BCUT2D eigenvalue weighted by atomic mass is 19.1. The Hall–Kier alpha value is -0.930. The third-order valence-electron chi connectivity index (χ3n) is 2.77. The Morgan fingerprint density at radius 1 is 1.25 bits per heavy atom. The third kappa shape index (κ3) is 3.91. The van der Waals surface area contributed by atoms with Crippen LogP contribution in [0, 0.1) is 5.82 Å². The maximum absolute atomic E-state index is 13.5. The number of benzene rings is 1. The molecular weight excluding hydrogens is 205 g/mol. The normalized spacial score (nSPS) is 10.7. The number of aryl methyl sites for hydroxylation is 1. The zero-order valence-electron chi connectivity index (χ0n) is 9.80. The molecule has 0 saturated heterocycles. The summed E-state index contributed by atoms with van der Waals surface area (Å²) in [5.41, 5.74) is 3.61. The topological polar surface area (TPSA) is 32.3 Å². The van der Waals surface area contributed by atoms with Crippen LogP contribution in [-0.2, 0) is 13.0 Å². The number of hydrogen-bond acceptors (Lipinski definition) is 2. The van der Waals surface area contributed by atoms with Gasteiger partial charge in [-0.2, -0.15) is 0 Å². The lowest BCUT2D eigenvalue weighted by Crippen LogP contribution is -2.10. The van der Waals surface area contributed by atoms with Gasteiger partial charge < -0.3 is 5.21 Å². The fourth-order valence-corrected chi connectivity index (χ4v) is 1.86. The van der Waals surface area contributed by atoms with E-state index in [0.717, 1.165) is 18.4 Å². The van der Waals surface area contributed by atoms with Gasteiger partial charge in [0.2, 0.25) is 0 Å². The Kier molecular flexibility index (Phi) is 6.04. The highest BCUT2D eigenvalue weighted by molar-refractivity contribution is 5.28. The molecule has 0 fully saturated rings. The first kappa shape index (κ1) is 13.1. The maximum Gasteiger partial charge on any atom is 0.128 e. The minimum Gasteiger partial charge on any atom is -0.316 e. The standard InChI is InChI=1S/C13H20FNO/c1-2-3-4-5-7-11-8-6-9-13(14)12(11)10-15-16/h6,8-9,15-16H,2-5,7,10H2,1H3. The van der Waals surface area contributed by atoms with E-state index in [1.165, 1.54) is 25.3 Å². The van der Waals surface area contributed by atoms with Gasteiger partial charge in [-0.3, -0.25) is 0 Å². The number of halogens is 1. The van der Waals surface area contributed by atoms with Crippen LogP contribution in [0.2, 0.25) is 0 Å². The second-order valence-corrected chi connectivity index (χ2v) is 4.02. The molecule has 0 spiro atoms. The minimum atomic E-state index is -0.241. The van der Waals surface area contributed by atoms with Gasteiger partial charge in [-0.1, -0.05) is 38.3 Å². The molecule has 0 saturated carbocycles. The third-order valence-corrected chi connectivity index (χ3v) is 2.77. The highest BCUT2D eigenvalue weighted by Crippen LogP contribution is 2.16. The van der Waals surface area contributed by atoms with Crippen molar-refractivity contribution in [1.82, 2.24) is 5.48 Å². The van der Waals surface area contributed by atoms with Crippen LogP contribution in [0.4, 0.5) is 4.39 Å². The molecule has 0 aliphatic rings. The van der Waals surface area contributed by atoms with Crippen molar-refractivity contribution in [3.05, 3.63) is 35.1 Å². The fraction of sp³-hybridized carbons (Fsp3) is 0.538. The van der Waals surface area contributed by atoms with Crippen LogP contribution in [0.25, 0.3) is 0 Å². The molecule has 2 nitrogen and oxygen atoms in total. The summed E-state index contributed by atoms with van der Waals surface area (Å²) in [7, 11) is 0. The first-order chi connectivity index (χ1) is 7.79. The van der Waals surface area contributed by atoms with Crippen LogP contribution < -0.4 is 5.48 Å². The number of nitrogens with one attached hydrogen (secondary N) is 1. The molecule has 0 aromatic heterocycles. The Bertz CT molecular complexity index is 315. The molecule has 0 atom stereocenters. The predicted octanol–water partition coefficient (Wildman–Crippen LogP) is 3.43. The lowest BCUT2D eigenvalue weighted by atomic mass is 10.0. The van der Waals surface area contributed by atoms with Crippen LogP contribution in [0.15, 0.2) is 18.2 Å². The SMILES string of the molecule is CCCCCCc1cccc(F)c1CNO. The Labute approximate surface area is 96.4 Å². The van der Waals surface area contributed by atoms with E-state index in [2.05, 4.69) is 6.92 Å². The fourth-order valence-electron chi connectivity index (χ4n) is 1.86. The number of rotatable bonds is 7. The van der Waals surface area contributed by atoms with Crippen molar-refractivity contribution in [2.45, 2.75) is 45.6 Å². The Balaban J connectivity index is 2.59. The van der Waals surface area contributed by atoms with Crippen LogP contribution in [0.5, 0.6) is 0 Å². The second-order valence-electron chi connectivity index (χ2n) is 4.02. The van der Waals surface area contributed by atoms with Crippen molar-refractivity contribution in [3.8, 4) is 0 Å². The first-order valence-electron chi connectivity index (χ1n) is 5.92. The van der Waals surface area contributed by atoms with E-state index >= 15 is 0 Å². The molecule has 0 heterocycles. The summed E-state index contributed by atoms with van der Waals surface area (Å²) in [5.74, 6) is -0.241. The van der Waals surface area contributed by atoms with Gasteiger partial charge in [0.25, 0.3) is 0 Å². The molecule has 16 heavy (non-hydrogen) atoms. The summed E-state index contributed by atoms with van der Waals surface area (Å²) in [6.07, 6.45) is 5.57. The zero-order valence-corrected chi connectivity index (χ0v) is 9.80. The van der Waals surface area contributed by atoms with Gasteiger partial charge in [0.05, 0.1) is 0 Å². The van der Waals surface area contributed by atoms with Gasteiger partial charge in [0, 0.05) is 12.1 Å². The molecule has 0 bridgehead atoms. The molecule has 0 aliphatic heterocycles. The van der Waals surface area contributed by atoms with Crippen molar-refractivity contribution in [2.24, 2.45) is 0 Å². The molecule has 0 aliphatic carbocycles. The predicted molar refractivity (Wildman–Crippen MR) is 62.9 cm³/mol. The molecule has 3 heteroatoms. The second kappa shape index (κ2) is 7.36. The molecule has 0 amide bonds. The summed E-state index contributed by atoms with van der Waals surface area (Å²) < 4.78 is 13.5. The monoisotopic (exact) mass is 225 g/mol. The van der Waals surface area contributed by atoms with Gasteiger partial charge in [0.1, 0.15) is 5.82 Å². The van der Waals surface area contributed by atoms with Crippen LogP contribution in [-0.4, -0.2) is 5.21 Å². The van der Waals surface area contributed by atoms with E-state index in [0.29, 0.717) is 5.56 Å². The van der Waals surface area contributed by atoms with E-state index in [1.807, 2.05) is 11.5 Å². The maximum atomic E-state index is 13.5. The van der Waals surface area contributed by atoms with Crippen molar-refractivity contribution < 1.29 is 9.60 Å². The van der Waals surface area contributed by atoms with Gasteiger partial charge >= 0.3 is 0 Å². The summed E-state index contributed by atoms with van der Waals surface area (Å²) in [6, 6.07) is 5.09. The summed E-state index contributed by atoms with van der Waals surface area (Å²) in [4.78, 5) is 0. The molecule has 0 radical (unpaired) electrons. The Morgan fingerprint density at radius 2 is 2.06 bits per heavy atom. The van der Waals surface area contributed by atoms with Gasteiger partial charge in [-0.15, -0.1) is 0 Å². The number of hydroxylamine groups is 1. The summed E-state index contributed by atoms with van der Waals surface area (Å²) in [5, 5.41) is 8.66. The molecule has 1 rings (SSSR count). The molecule has 90 valence electrons. The highest BCUT2D eigenvalue weighted by Gasteiger charge is 2.07. The smallest absolute Gasteiger partial charge is 0.128 e. The number of unbranched alkanes of at least 4 members (excludes halogenated alkanes) is 3. The Morgan fingerprint density at radius 3 is 2.75 bits per heavy atom. The van der Waals surface area contributed by atoms with Crippen LogP contribution in [0.1, 0.15) is 43.7 Å². The van der Waals surface area contributed by atoms with Crippen molar-refractivity contribution in [1.29, 1.82) is 0 Å². The summed E-state index contributed by atoms with van der Waals surface area (Å²) in [6.45, 7) is 2.35. The van der Waals surface area contributed by atoms with Crippen LogP contribution >= 0.6 is 0 Å².